The Hall–Kier alpha value is -1.59. The van der Waals surface area contributed by atoms with Gasteiger partial charge in [-0.2, -0.15) is 0 Å². The number of nitrogens with one attached hydrogen (secondary N) is 1. The Labute approximate surface area is 118 Å². The number of ketones is 1. The van der Waals surface area contributed by atoms with Gasteiger partial charge >= 0.3 is 0 Å². The quantitative estimate of drug-likeness (QED) is 0.891. The van der Waals surface area contributed by atoms with Crippen molar-refractivity contribution >= 4 is 5.78 Å². The van der Waals surface area contributed by atoms with Gasteiger partial charge in [0.05, 0.1) is 17.7 Å². The van der Waals surface area contributed by atoms with Gasteiger partial charge in [-0.05, 0) is 19.1 Å². The first-order chi connectivity index (χ1) is 9.79. The molecular formula is C15H20N2O3. The van der Waals surface area contributed by atoms with Crippen LogP contribution in [0.3, 0.4) is 0 Å². The number of rotatable bonds is 4. The van der Waals surface area contributed by atoms with Crippen molar-refractivity contribution in [2.24, 2.45) is 0 Å². The third-order valence-corrected chi connectivity index (χ3v) is 3.76. The number of Topliss-reactive ketones (excluding diaryl/α,β-unsaturated/α-hetero) is 1. The zero-order valence-electron chi connectivity index (χ0n) is 11.8. The molecule has 20 heavy (non-hydrogen) atoms. The fraction of sp³-hybridized carbons (Fsp3) is 0.533. The fourth-order valence-corrected chi connectivity index (χ4v) is 2.74. The van der Waals surface area contributed by atoms with Gasteiger partial charge in [0.1, 0.15) is 11.5 Å². The number of carbonyl (C=O) groups excluding carboxylic acids is 1. The van der Waals surface area contributed by atoms with E-state index in [1.807, 2.05) is 19.1 Å². The minimum absolute atomic E-state index is 0.0598. The van der Waals surface area contributed by atoms with Crippen LogP contribution in [0.2, 0.25) is 0 Å². The minimum Gasteiger partial charge on any atom is -0.493 e. The Balaban J connectivity index is 1.91. The highest BCUT2D eigenvalue weighted by Crippen LogP contribution is 2.37. The van der Waals surface area contributed by atoms with Gasteiger partial charge in [-0.1, -0.05) is 0 Å². The van der Waals surface area contributed by atoms with Crippen molar-refractivity contribution < 1.29 is 14.3 Å². The molecule has 5 nitrogen and oxygen atoms in total. The molecule has 2 aliphatic heterocycles. The average Bonchev–Trinajstić information content (AvgIpc) is 2.85. The SMILES string of the molecule is CCOc1ccc2c(c1CN1CCNCC1)OCC2=O. The molecule has 1 aromatic rings. The smallest absolute Gasteiger partial charge is 0.203 e. The third-order valence-electron chi connectivity index (χ3n) is 3.76. The summed E-state index contributed by atoms with van der Waals surface area (Å²) < 4.78 is 11.3. The average molecular weight is 276 g/mol. The highest BCUT2D eigenvalue weighted by atomic mass is 16.5. The summed E-state index contributed by atoms with van der Waals surface area (Å²) in [5.74, 6) is 1.61. The molecule has 5 heteroatoms. The Morgan fingerprint density at radius 1 is 1.35 bits per heavy atom. The molecule has 1 N–H and O–H groups in total. The van der Waals surface area contributed by atoms with Crippen LogP contribution in [-0.4, -0.2) is 50.1 Å². The molecule has 2 aliphatic rings. The summed E-state index contributed by atoms with van der Waals surface area (Å²) in [4.78, 5) is 14.2. The molecule has 0 radical (unpaired) electrons. The number of hydrogen-bond donors (Lipinski definition) is 1. The van der Waals surface area contributed by atoms with Crippen LogP contribution in [0.5, 0.6) is 11.5 Å². The molecule has 0 bridgehead atoms. The molecule has 2 heterocycles. The summed E-state index contributed by atoms with van der Waals surface area (Å²) in [6.45, 7) is 7.51. The predicted molar refractivity (Wildman–Crippen MR) is 75.6 cm³/mol. The Morgan fingerprint density at radius 3 is 2.90 bits per heavy atom. The van der Waals surface area contributed by atoms with Crippen molar-refractivity contribution in [1.82, 2.24) is 10.2 Å². The largest absolute Gasteiger partial charge is 0.493 e. The van der Waals surface area contributed by atoms with Crippen molar-refractivity contribution in [3.8, 4) is 11.5 Å². The topological polar surface area (TPSA) is 50.8 Å². The van der Waals surface area contributed by atoms with E-state index in [1.54, 1.807) is 0 Å². The van der Waals surface area contributed by atoms with E-state index < -0.39 is 0 Å². The lowest BCUT2D eigenvalue weighted by Crippen LogP contribution is -2.43. The second-order valence-electron chi connectivity index (χ2n) is 5.09. The van der Waals surface area contributed by atoms with Crippen LogP contribution in [0, 0.1) is 0 Å². The fourth-order valence-electron chi connectivity index (χ4n) is 2.74. The Morgan fingerprint density at radius 2 is 2.15 bits per heavy atom. The van der Waals surface area contributed by atoms with E-state index in [0.717, 1.165) is 49.8 Å². The van der Waals surface area contributed by atoms with Gasteiger partial charge in [0.25, 0.3) is 0 Å². The van der Waals surface area contributed by atoms with E-state index in [0.29, 0.717) is 12.2 Å². The van der Waals surface area contributed by atoms with E-state index >= 15 is 0 Å². The van der Waals surface area contributed by atoms with Gasteiger partial charge in [-0.15, -0.1) is 0 Å². The van der Waals surface area contributed by atoms with Crippen molar-refractivity contribution in [1.29, 1.82) is 0 Å². The standard InChI is InChI=1S/C15H20N2O3/c1-2-19-14-4-3-11-13(18)10-20-15(11)12(14)9-17-7-5-16-6-8-17/h3-4,16H,2,5-10H2,1H3. The molecule has 1 fully saturated rings. The molecule has 0 spiro atoms. The molecule has 0 aliphatic carbocycles. The first kappa shape index (κ1) is 13.4. The summed E-state index contributed by atoms with van der Waals surface area (Å²) >= 11 is 0. The van der Waals surface area contributed by atoms with Crippen LogP contribution >= 0.6 is 0 Å². The van der Waals surface area contributed by atoms with E-state index in [2.05, 4.69) is 10.2 Å². The zero-order valence-corrected chi connectivity index (χ0v) is 11.8. The van der Waals surface area contributed by atoms with E-state index in [4.69, 9.17) is 9.47 Å². The first-order valence-electron chi connectivity index (χ1n) is 7.17. The number of benzene rings is 1. The van der Waals surface area contributed by atoms with Crippen LogP contribution in [0.25, 0.3) is 0 Å². The Bertz CT molecular complexity index is 510. The highest BCUT2D eigenvalue weighted by Gasteiger charge is 2.27. The van der Waals surface area contributed by atoms with Crippen molar-refractivity contribution in [3.63, 3.8) is 0 Å². The molecule has 1 aromatic carbocycles. The second-order valence-corrected chi connectivity index (χ2v) is 5.09. The number of ether oxygens (including phenoxy) is 2. The van der Waals surface area contributed by atoms with Crippen LogP contribution in [0.4, 0.5) is 0 Å². The van der Waals surface area contributed by atoms with Gasteiger partial charge < -0.3 is 14.8 Å². The number of nitrogens with zero attached hydrogens (tertiary/aromatic N) is 1. The zero-order chi connectivity index (χ0) is 13.9. The summed E-state index contributed by atoms with van der Waals surface area (Å²) in [6, 6.07) is 3.71. The van der Waals surface area contributed by atoms with Gasteiger partial charge in [0, 0.05) is 32.7 Å². The number of hydrogen-bond acceptors (Lipinski definition) is 5. The molecule has 0 amide bonds. The molecule has 108 valence electrons. The molecule has 0 unspecified atom stereocenters. The summed E-state index contributed by atoms with van der Waals surface area (Å²) in [5, 5.41) is 3.34. The van der Waals surface area contributed by atoms with Crippen molar-refractivity contribution in [2.75, 3.05) is 39.4 Å². The monoisotopic (exact) mass is 276 g/mol. The predicted octanol–water partition coefficient (Wildman–Crippen LogP) is 1.07. The summed E-state index contributed by atoms with van der Waals surface area (Å²) in [5.41, 5.74) is 1.70. The molecular weight excluding hydrogens is 256 g/mol. The van der Waals surface area contributed by atoms with Gasteiger partial charge in [0.15, 0.2) is 6.61 Å². The molecule has 0 atom stereocenters. The molecule has 0 saturated carbocycles. The lowest BCUT2D eigenvalue weighted by Gasteiger charge is -2.28. The van der Waals surface area contributed by atoms with Gasteiger partial charge in [-0.3, -0.25) is 9.69 Å². The molecule has 3 rings (SSSR count). The van der Waals surface area contributed by atoms with E-state index in [9.17, 15) is 4.79 Å². The normalized spacial score (nSPS) is 18.8. The van der Waals surface area contributed by atoms with Crippen molar-refractivity contribution in [3.05, 3.63) is 23.3 Å². The summed E-state index contributed by atoms with van der Waals surface area (Å²) in [6.07, 6.45) is 0. The number of fused-ring (bicyclic) bond motifs is 1. The van der Waals surface area contributed by atoms with Crippen LogP contribution < -0.4 is 14.8 Å². The van der Waals surface area contributed by atoms with Crippen molar-refractivity contribution in [2.45, 2.75) is 13.5 Å². The highest BCUT2D eigenvalue weighted by molar-refractivity contribution is 6.03. The lowest BCUT2D eigenvalue weighted by molar-refractivity contribution is 0.0960. The second kappa shape index (κ2) is 5.81. The maximum atomic E-state index is 11.8. The summed E-state index contributed by atoms with van der Waals surface area (Å²) in [7, 11) is 0. The van der Waals surface area contributed by atoms with Crippen LogP contribution in [0.15, 0.2) is 12.1 Å². The maximum Gasteiger partial charge on any atom is 0.203 e. The van der Waals surface area contributed by atoms with Crippen LogP contribution in [0.1, 0.15) is 22.8 Å². The third kappa shape index (κ3) is 2.51. The maximum absolute atomic E-state index is 11.8. The number of piperazine rings is 1. The Kier molecular flexibility index (Phi) is 3.89. The van der Waals surface area contributed by atoms with Gasteiger partial charge in [0.2, 0.25) is 5.78 Å². The van der Waals surface area contributed by atoms with E-state index in [-0.39, 0.29) is 12.4 Å². The number of carbonyl (C=O) groups is 1. The van der Waals surface area contributed by atoms with E-state index in [1.165, 1.54) is 0 Å². The minimum atomic E-state index is 0.0598. The molecule has 1 saturated heterocycles. The molecule has 0 aromatic heterocycles. The first-order valence-corrected chi connectivity index (χ1v) is 7.17. The van der Waals surface area contributed by atoms with Crippen LogP contribution in [-0.2, 0) is 6.54 Å². The lowest BCUT2D eigenvalue weighted by atomic mass is 10.1. The van der Waals surface area contributed by atoms with Gasteiger partial charge in [-0.25, -0.2) is 0 Å².